The van der Waals surface area contributed by atoms with Gasteiger partial charge >= 0.3 is 0 Å². The molecule has 0 fully saturated rings. The summed E-state index contributed by atoms with van der Waals surface area (Å²) >= 11 is 3.49. The van der Waals surface area contributed by atoms with E-state index in [1.165, 1.54) is 31.2 Å². The van der Waals surface area contributed by atoms with Crippen molar-refractivity contribution in [1.82, 2.24) is 10.3 Å². The van der Waals surface area contributed by atoms with Gasteiger partial charge in [0.2, 0.25) is 0 Å². The van der Waals surface area contributed by atoms with E-state index in [1.807, 2.05) is 12.4 Å². The van der Waals surface area contributed by atoms with Crippen LogP contribution in [0.1, 0.15) is 45.1 Å². The molecule has 0 bridgehead atoms. The Balaban J connectivity index is 2.64. The molecule has 2 nitrogen and oxygen atoms in total. The van der Waals surface area contributed by atoms with Gasteiger partial charge in [0.15, 0.2) is 0 Å². The molecule has 0 radical (unpaired) electrons. The summed E-state index contributed by atoms with van der Waals surface area (Å²) < 4.78 is 1.07. The van der Waals surface area contributed by atoms with Gasteiger partial charge in [-0.25, -0.2) is 0 Å². The lowest BCUT2D eigenvalue weighted by Crippen LogP contribution is -2.35. The first-order valence-electron chi connectivity index (χ1n) is 6.97. The fourth-order valence-electron chi connectivity index (χ4n) is 2.48. The Bertz CT molecular complexity index is 341. The van der Waals surface area contributed by atoms with Crippen LogP contribution in [-0.4, -0.2) is 18.1 Å². The van der Waals surface area contributed by atoms with E-state index in [-0.39, 0.29) is 0 Å². The Kier molecular flexibility index (Phi) is 7.52. The minimum Gasteiger partial charge on any atom is -0.316 e. The first-order valence-corrected chi connectivity index (χ1v) is 7.77. The summed E-state index contributed by atoms with van der Waals surface area (Å²) in [5, 5.41) is 3.49. The molecule has 0 saturated carbocycles. The molecule has 3 heteroatoms. The Labute approximate surface area is 120 Å². The van der Waals surface area contributed by atoms with E-state index in [0.717, 1.165) is 16.8 Å². The third kappa shape index (κ3) is 5.07. The maximum atomic E-state index is 4.24. The van der Waals surface area contributed by atoms with Crippen LogP contribution in [0.5, 0.6) is 0 Å². The molecule has 1 rings (SSSR count). The molecule has 1 N–H and O–H groups in total. The molecular formula is C15H25BrN2. The summed E-state index contributed by atoms with van der Waals surface area (Å²) in [5.41, 5.74) is 1.30. The predicted molar refractivity (Wildman–Crippen MR) is 81.8 cm³/mol. The molecule has 0 aliphatic heterocycles. The first-order chi connectivity index (χ1) is 8.71. The number of likely N-dealkylation sites (N-methyl/N-ethyl adjacent to an activating group) is 1. The quantitative estimate of drug-likeness (QED) is 0.778. The van der Waals surface area contributed by atoms with Crippen LogP contribution in [0.3, 0.4) is 0 Å². The van der Waals surface area contributed by atoms with Crippen molar-refractivity contribution in [1.29, 1.82) is 0 Å². The highest BCUT2D eigenvalue weighted by Gasteiger charge is 2.18. The molecule has 1 aromatic heterocycles. The van der Waals surface area contributed by atoms with Crippen LogP contribution in [0.2, 0.25) is 0 Å². The summed E-state index contributed by atoms with van der Waals surface area (Å²) in [7, 11) is 2.07. The van der Waals surface area contributed by atoms with Crippen molar-refractivity contribution < 1.29 is 0 Å². The van der Waals surface area contributed by atoms with Gasteiger partial charge in [0.25, 0.3) is 0 Å². The molecular weight excluding hydrogens is 288 g/mol. The number of rotatable bonds is 8. The van der Waals surface area contributed by atoms with E-state index in [0.29, 0.717) is 6.04 Å². The number of nitrogens with zero attached hydrogens (tertiary/aromatic N) is 1. The van der Waals surface area contributed by atoms with Crippen molar-refractivity contribution in [3.8, 4) is 0 Å². The van der Waals surface area contributed by atoms with Crippen LogP contribution in [0.25, 0.3) is 0 Å². The summed E-state index contributed by atoms with van der Waals surface area (Å²) in [4.78, 5) is 4.24. The zero-order valence-corrected chi connectivity index (χ0v) is 13.3. The first kappa shape index (κ1) is 15.6. The Morgan fingerprint density at radius 1 is 1.33 bits per heavy atom. The summed E-state index contributed by atoms with van der Waals surface area (Å²) in [6.45, 7) is 4.56. The highest BCUT2D eigenvalue weighted by Crippen LogP contribution is 2.21. The molecule has 0 aliphatic rings. The van der Waals surface area contributed by atoms with Gasteiger partial charge < -0.3 is 5.32 Å². The average Bonchev–Trinajstić information content (AvgIpc) is 2.38. The molecule has 0 saturated heterocycles. The van der Waals surface area contributed by atoms with Gasteiger partial charge in [-0.05, 0) is 53.4 Å². The van der Waals surface area contributed by atoms with E-state index in [1.54, 1.807) is 0 Å². The van der Waals surface area contributed by atoms with Crippen molar-refractivity contribution in [2.45, 2.75) is 52.0 Å². The van der Waals surface area contributed by atoms with Gasteiger partial charge in [-0.1, -0.05) is 33.1 Å². The van der Waals surface area contributed by atoms with Crippen LogP contribution in [0.15, 0.2) is 22.9 Å². The highest BCUT2D eigenvalue weighted by atomic mass is 79.9. The van der Waals surface area contributed by atoms with E-state index in [2.05, 4.69) is 53.2 Å². The van der Waals surface area contributed by atoms with E-state index in [9.17, 15) is 0 Å². The minimum atomic E-state index is 0.553. The molecule has 2 unspecified atom stereocenters. The molecule has 1 heterocycles. The monoisotopic (exact) mass is 312 g/mol. The molecule has 0 aromatic carbocycles. The zero-order chi connectivity index (χ0) is 13.4. The van der Waals surface area contributed by atoms with Crippen LogP contribution in [0.4, 0.5) is 0 Å². The van der Waals surface area contributed by atoms with Crippen molar-refractivity contribution in [3.05, 3.63) is 28.5 Å². The maximum absolute atomic E-state index is 4.24. The average molecular weight is 313 g/mol. The molecule has 0 spiro atoms. The number of aromatic nitrogens is 1. The van der Waals surface area contributed by atoms with E-state index < -0.39 is 0 Å². The summed E-state index contributed by atoms with van der Waals surface area (Å²) in [6.07, 6.45) is 10.0. The number of hydrogen-bond acceptors (Lipinski definition) is 2. The Morgan fingerprint density at radius 3 is 2.67 bits per heavy atom. The maximum Gasteiger partial charge on any atom is 0.0410 e. The SMILES string of the molecule is CCCCC(CC)C(Cc1cncc(Br)c1)NC. The largest absolute Gasteiger partial charge is 0.316 e. The van der Waals surface area contributed by atoms with Gasteiger partial charge in [-0.2, -0.15) is 0 Å². The summed E-state index contributed by atoms with van der Waals surface area (Å²) in [6, 6.07) is 2.72. The standard InChI is InChI=1S/C15H25BrN2/c1-4-6-7-13(5-2)15(17-3)9-12-8-14(16)11-18-10-12/h8,10-11,13,15,17H,4-7,9H2,1-3H3. The molecule has 1 aromatic rings. The Morgan fingerprint density at radius 2 is 2.11 bits per heavy atom. The van der Waals surface area contributed by atoms with Gasteiger partial charge in [0.1, 0.15) is 0 Å². The van der Waals surface area contributed by atoms with Crippen LogP contribution < -0.4 is 5.32 Å². The number of unbranched alkanes of at least 4 members (excludes halogenated alkanes) is 1. The second-order valence-corrected chi connectivity index (χ2v) is 5.84. The van der Waals surface area contributed by atoms with Crippen molar-refractivity contribution in [2.75, 3.05) is 7.05 Å². The minimum absolute atomic E-state index is 0.553. The predicted octanol–water partition coefficient (Wildman–Crippen LogP) is 4.19. The van der Waals surface area contributed by atoms with Crippen LogP contribution in [-0.2, 0) is 6.42 Å². The summed E-state index contributed by atoms with van der Waals surface area (Å²) in [5.74, 6) is 0.758. The van der Waals surface area contributed by atoms with E-state index >= 15 is 0 Å². The fourth-order valence-corrected chi connectivity index (χ4v) is 2.89. The molecule has 18 heavy (non-hydrogen) atoms. The molecule has 102 valence electrons. The van der Waals surface area contributed by atoms with Crippen LogP contribution >= 0.6 is 15.9 Å². The normalized spacial score (nSPS) is 14.4. The molecule has 0 aliphatic carbocycles. The highest BCUT2D eigenvalue weighted by molar-refractivity contribution is 9.10. The number of nitrogens with one attached hydrogen (secondary N) is 1. The van der Waals surface area contributed by atoms with Gasteiger partial charge in [0, 0.05) is 22.9 Å². The number of pyridine rings is 1. The third-order valence-corrected chi connectivity index (χ3v) is 4.04. The molecule has 2 atom stereocenters. The van der Waals surface area contributed by atoms with Gasteiger partial charge in [-0.15, -0.1) is 0 Å². The fraction of sp³-hybridized carbons (Fsp3) is 0.667. The zero-order valence-electron chi connectivity index (χ0n) is 11.7. The Hall–Kier alpha value is -0.410. The third-order valence-electron chi connectivity index (χ3n) is 3.61. The molecule has 0 amide bonds. The lowest BCUT2D eigenvalue weighted by atomic mass is 9.88. The smallest absolute Gasteiger partial charge is 0.0410 e. The van der Waals surface area contributed by atoms with Gasteiger partial charge in [0.05, 0.1) is 0 Å². The van der Waals surface area contributed by atoms with Crippen LogP contribution in [0, 0.1) is 5.92 Å². The topological polar surface area (TPSA) is 24.9 Å². The number of halogens is 1. The van der Waals surface area contributed by atoms with Crippen molar-refractivity contribution in [3.63, 3.8) is 0 Å². The second-order valence-electron chi connectivity index (χ2n) is 4.92. The van der Waals surface area contributed by atoms with Crippen molar-refractivity contribution in [2.24, 2.45) is 5.92 Å². The lowest BCUT2D eigenvalue weighted by molar-refractivity contribution is 0.330. The van der Waals surface area contributed by atoms with Gasteiger partial charge in [-0.3, -0.25) is 4.98 Å². The van der Waals surface area contributed by atoms with Crippen molar-refractivity contribution >= 4 is 15.9 Å². The second kappa shape index (κ2) is 8.65. The van der Waals surface area contributed by atoms with E-state index in [4.69, 9.17) is 0 Å². The number of hydrogen-bond donors (Lipinski definition) is 1. The lowest BCUT2D eigenvalue weighted by Gasteiger charge is -2.26.